The Kier molecular flexibility index (Phi) is 9.28. The maximum atomic E-state index is 12.0. The van der Waals surface area contributed by atoms with E-state index in [-0.39, 0.29) is 35.6 Å². The normalized spacial score (nSPS) is 17.4. The molecule has 1 saturated heterocycles. The van der Waals surface area contributed by atoms with E-state index in [4.69, 9.17) is 9.73 Å². The third-order valence-corrected chi connectivity index (χ3v) is 4.97. The van der Waals surface area contributed by atoms with Gasteiger partial charge in [0.05, 0.1) is 20.2 Å². The number of guanidine groups is 1. The average molecular weight is 517 g/mol. The molecular weight excluding hydrogens is 485 g/mol. The lowest BCUT2D eigenvalue weighted by atomic mass is 10.2. The molecule has 1 aromatic carbocycles. The number of nitrogens with zero attached hydrogens (tertiary/aromatic N) is 3. The fourth-order valence-electron chi connectivity index (χ4n) is 3.25. The topological polar surface area (TPSA) is 89.4 Å². The van der Waals surface area contributed by atoms with E-state index < -0.39 is 0 Å². The zero-order valence-corrected chi connectivity index (χ0v) is 19.5. The molecule has 1 heterocycles. The maximum absolute atomic E-state index is 12.0. The molecule has 0 atom stereocenters. The van der Waals surface area contributed by atoms with Crippen LogP contribution in [-0.2, 0) is 11.3 Å². The first-order valence-corrected chi connectivity index (χ1v) is 10.00. The number of aromatic hydroxyl groups is 1. The molecule has 1 aromatic rings. The summed E-state index contributed by atoms with van der Waals surface area (Å²) in [4.78, 5) is 21.1. The van der Waals surface area contributed by atoms with Crippen molar-refractivity contribution in [3.63, 3.8) is 0 Å². The van der Waals surface area contributed by atoms with Gasteiger partial charge >= 0.3 is 0 Å². The molecule has 0 spiro atoms. The molecule has 1 amide bonds. The fraction of sp³-hybridized carbons (Fsp3) is 0.600. The summed E-state index contributed by atoms with van der Waals surface area (Å²) in [6, 6.07) is 5.75. The second kappa shape index (κ2) is 11.4. The van der Waals surface area contributed by atoms with Crippen molar-refractivity contribution in [2.24, 2.45) is 4.99 Å². The molecular formula is C20H32IN5O3. The van der Waals surface area contributed by atoms with Gasteiger partial charge in [-0.15, -0.1) is 24.0 Å². The van der Waals surface area contributed by atoms with Crippen LogP contribution in [0.1, 0.15) is 25.3 Å². The fourth-order valence-corrected chi connectivity index (χ4v) is 3.25. The Morgan fingerprint density at radius 1 is 1.28 bits per heavy atom. The van der Waals surface area contributed by atoms with Crippen LogP contribution in [0.4, 0.5) is 0 Å². The van der Waals surface area contributed by atoms with Crippen molar-refractivity contribution >= 4 is 35.8 Å². The lowest BCUT2D eigenvalue weighted by Crippen LogP contribution is -2.54. The molecule has 3 rings (SSSR count). The van der Waals surface area contributed by atoms with E-state index in [0.717, 1.165) is 57.1 Å². The van der Waals surface area contributed by atoms with Gasteiger partial charge in [0.25, 0.3) is 0 Å². The van der Waals surface area contributed by atoms with E-state index in [2.05, 4.69) is 20.4 Å². The first-order chi connectivity index (χ1) is 13.6. The lowest BCUT2D eigenvalue weighted by molar-refractivity contribution is -0.122. The molecule has 0 bridgehead atoms. The number of phenols is 1. The number of hydrogen-bond donors (Lipinski definition) is 3. The van der Waals surface area contributed by atoms with Gasteiger partial charge in [0.15, 0.2) is 17.5 Å². The molecule has 1 aliphatic carbocycles. The highest BCUT2D eigenvalue weighted by molar-refractivity contribution is 14.0. The Bertz CT molecular complexity index is 703. The van der Waals surface area contributed by atoms with Gasteiger partial charge in [0, 0.05) is 38.8 Å². The highest BCUT2D eigenvalue weighted by Gasteiger charge is 2.25. The van der Waals surface area contributed by atoms with Crippen molar-refractivity contribution in [2.75, 3.05) is 46.4 Å². The minimum atomic E-state index is 0. The highest BCUT2D eigenvalue weighted by atomic mass is 127. The summed E-state index contributed by atoms with van der Waals surface area (Å²) in [5, 5.41) is 16.3. The van der Waals surface area contributed by atoms with Crippen molar-refractivity contribution in [2.45, 2.75) is 32.4 Å². The van der Waals surface area contributed by atoms with E-state index >= 15 is 0 Å². The zero-order valence-electron chi connectivity index (χ0n) is 17.2. The van der Waals surface area contributed by atoms with E-state index in [0.29, 0.717) is 24.9 Å². The van der Waals surface area contributed by atoms with Crippen LogP contribution >= 0.6 is 24.0 Å². The van der Waals surface area contributed by atoms with Crippen LogP contribution in [0.15, 0.2) is 23.2 Å². The van der Waals surface area contributed by atoms with Gasteiger partial charge in [-0.1, -0.05) is 6.07 Å². The molecule has 29 heavy (non-hydrogen) atoms. The largest absolute Gasteiger partial charge is 0.504 e. The highest BCUT2D eigenvalue weighted by Crippen LogP contribution is 2.26. The zero-order chi connectivity index (χ0) is 19.9. The minimum Gasteiger partial charge on any atom is -0.504 e. The standard InChI is InChI=1S/C20H31N5O3.HI/c1-3-21-20(22-13-15-4-7-18(28-2)17(26)12-15)25-10-8-24(9-11-25)14-19(27)23-16-5-6-16;/h4,7,12,16,26H,3,5-6,8-11,13-14H2,1-2H3,(H,21,22)(H,23,27);1H. The van der Waals surface area contributed by atoms with Crippen molar-refractivity contribution in [1.82, 2.24) is 20.4 Å². The number of piperazine rings is 1. The average Bonchev–Trinajstić information content (AvgIpc) is 3.50. The smallest absolute Gasteiger partial charge is 0.234 e. The van der Waals surface area contributed by atoms with Crippen LogP contribution < -0.4 is 15.4 Å². The SMILES string of the molecule is CCNC(=NCc1ccc(OC)c(O)c1)N1CCN(CC(=O)NC2CC2)CC1.I. The number of nitrogens with one attached hydrogen (secondary N) is 2. The molecule has 162 valence electrons. The van der Waals surface area contributed by atoms with E-state index in [1.165, 1.54) is 7.11 Å². The van der Waals surface area contributed by atoms with Crippen LogP contribution in [0.25, 0.3) is 0 Å². The molecule has 1 aliphatic heterocycles. The summed E-state index contributed by atoms with van der Waals surface area (Å²) in [7, 11) is 1.53. The van der Waals surface area contributed by atoms with Crippen molar-refractivity contribution in [3.05, 3.63) is 23.8 Å². The van der Waals surface area contributed by atoms with Crippen molar-refractivity contribution in [1.29, 1.82) is 0 Å². The Morgan fingerprint density at radius 2 is 2.00 bits per heavy atom. The number of rotatable bonds is 7. The summed E-state index contributed by atoms with van der Waals surface area (Å²) in [5.74, 6) is 1.58. The van der Waals surface area contributed by atoms with E-state index in [9.17, 15) is 9.90 Å². The maximum Gasteiger partial charge on any atom is 0.234 e. The number of ether oxygens (including phenoxy) is 1. The molecule has 0 aromatic heterocycles. The Labute approximate surface area is 189 Å². The van der Waals surface area contributed by atoms with Gasteiger partial charge in [-0.3, -0.25) is 9.69 Å². The first-order valence-electron chi connectivity index (χ1n) is 10.00. The molecule has 0 unspecified atom stereocenters. The van der Waals surface area contributed by atoms with E-state index in [1.54, 1.807) is 12.1 Å². The van der Waals surface area contributed by atoms with E-state index in [1.807, 2.05) is 13.0 Å². The van der Waals surface area contributed by atoms with Gasteiger partial charge < -0.3 is 25.4 Å². The Hall–Kier alpha value is -1.75. The van der Waals surface area contributed by atoms with Gasteiger partial charge in [-0.05, 0) is 37.5 Å². The van der Waals surface area contributed by atoms with Gasteiger partial charge in [0.2, 0.25) is 5.91 Å². The van der Waals surface area contributed by atoms with Crippen molar-refractivity contribution < 1.29 is 14.6 Å². The molecule has 2 aliphatic rings. The second-order valence-electron chi connectivity index (χ2n) is 7.28. The third kappa shape index (κ3) is 7.22. The summed E-state index contributed by atoms with van der Waals surface area (Å²) >= 11 is 0. The number of benzene rings is 1. The number of halogens is 1. The van der Waals surface area contributed by atoms with Crippen LogP contribution in [0.5, 0.6) is 11.5 Å². The van der Waals surface area contributed by atoms with Crippen LogP contribution in [0, 0.1) is 0 Å². The van der Waals surface area contributed by atoms with Crippen LogP contribution in [-0.4, -0.2) is 79.2 Å². The van der Waals surface area contributed by atoms with Crippen molar-refractivity contribution in [3.8, 4) is 11.5 Å². The molecule has 9 heteroatoms. The summed E-state index contributed by atoms with van der Waals surface area (Å²) in [5.41, 5.74) is 0.920. The minimum absolute atomic E-state index is 0. The van der Waals surface area contributed by atoms with Gasteiger partial charge in [-0.2, -0.15) is 0 Å². The quantitative estimate of drug-likeness (QED) is 0.288. The summed E-state index contributed by atoms with van der Waals surface area (Å²) in [6.07, 6.45) is 2.24. The molecule has 0 radical (unpaired) electrons. The lowest BCUT2D eigenvalue weighted by Gasteiger charge is -2.36. The Morgan fingerprint density at radius 3 is 2.59 bits per heavy atom. The summed E-state index contributed by atoms with van der Waals surface area (Å²) in [6.45, 7) is 7.13. The number of aliphatic imine (C=N–C) groups is 1. The van der Waals surface area contributed by atoms with Gasteiger partial charge in [-0.25, -0.2) is 4.99 Å². The molecule has 2 fully saturated rings. The molecule has 3 N–H and O–H groups in total. The monoisotopic (exact) mass is 517 g/mol. The number of amides is 1. The predicted molar refractivity (Wildman–Crippen MR) is 124 cm³/mol. The number of carbonyl (C=O) groups is 1. The number of hydrogen-bond acceptors (Lipinski definition) is 5. The van der Waals surface area contributed by atoms with Gasteiger partial charge in [0.1, 0.15) is 0 Å². The van der Waals surface area contributed by atoms with Crippen LogP contribution in [0.3, 0.4) is 0 Å². The number of carbonyl (C=O) groups excluding carboxylic acids is 1. The first kappa shape index (κ1) is 23.5. The number of phenolic OH excluding ortho intramolecular Hbond substituents is 1. The molecule has 1 saturated carbocycles. The van der Waals surface area contributed by atoms with Crippen LogP contribution in [0.2, 0.25) is 0 Å². The summed E-state index contributed by atoms with van der Waals surface area (Å²) < 4.78 is 5.08. The molecule has 8 nitrogen and oxygen atoms in total. The predicted octanol–water partition coefficient (Wildman–Crippen LogP) is 1.38. The third-order valence-electron chi connectivity index (χ3n) is 4.97. The Balaban J connectivity index is 0.00000300. The second-order valence-corrected chi connectivity index (χ2v) is 7.28. The number of methoxy groups -OCH3 is 1.